The highest BCUT2D eigenvalue weighted by Gasteiger charge is 2.46. The smallest absolute Gasteiger partial charge is 0.252 e. The van der Waals surface area contributed by atoms with Crippen molar-refractivity contribution < 1.29 is 9.53 Å². The molecule has 0 atom stereocenters. The van der Waals surface area contributed by atoms with E-state index in [4.69, 9.17) is 9.72 Å². The fourth-order valence-electron chi connectivity index (χ4n) is 3.65. The van der Waals surface area contributed by atoms with Crippen molar-refractivity contribution in [2.24, 2.45) is 0 Å². The van der Waals surface area contributed by atoms with Gasteiger partial charge in [-0.2, -0.15) is 0 Å². The largest absolute Gasteiger partial charge is 0.497 e. The fraction of sp³-hybridized carbons (Fsp3) is 0.304. The van der Waals surface area contributed by atoms with E-state index in [0.29, 0.717) is 11.3 Å². The number of hydrogen-bond donors (Lipinski definition) is 1. The molecule has 0 aliphatic heterocycles. The number of benzene rings is 2. The Morgan fingerprint density at radius 3 is 2.61 bits per heavy atom. The number of nitrogens with one attached hydrogen (secondary N) is 1. The van der Waals surface area contributed by atoms with Crippen LogP contribution >= 0.6 is 0 Å². The van der Waals surface area contributed by atoms with E-state index in [9.17, 15) is 4.79 Å². The molecule has 1 N–H and O–H groups in total. The first-order valence-corrected chi connectivity index (χ1v) is 9.48. The maximum Gasteiger partial charge on any atom is 0.252 e. The van der Waals surface area contributed by atoms with Crippen molar-refractivity contribution in [2.75, 3.05) is 26.1 Å². The van der Waals surface area contributed by atoms with E-state index in [1.54, 1.807) is 13.2 Å². The van der Waals surface area contributed by atoms with Gasteiger partial charge in [-0.1, -0.05) is 18.2 Å². The Balaban J connectivity index is 1.69. The second-order valence-electron chi connectivity index (χ2n) is 7.65. The number of nitrogens with zero attached hydrogens (tertiary/aromatic N) is 2. The van der Waals surface area contributed by atoms with Crippen LogP contribution in [0.25, 0.3) is 10.9 Å². The van der Waals surface area contributed by atoms with Crippen LogP contribution in [0.2, 0.25) is 0 Å². The molecule has 2 aromatic carbocycles. The lowest BCUT2D eigenvalue weighted by Gasteiger charge is -2.21. The van der Waals surface area contributed by atoms with Gasteiger partial charge in [0.05, 0.1) is 18.2 Å². The molecule has 144 valence electrons. The van der Waals surface area contributed by atoms with E-state index in [2.05, 4.69) is 17.4 Å². The predicted octanol–water partition coefficient (Wildman–Crippen LogP) is 4.04. The van der Waals surface area contributed by atoms with Crippen molar-refractivity contribution in [1.82, 2.24) is 10.3 Å². The zero-order valence-electron chi connectivity index (χ0n) is 16.7. The van der Waals surface area contributed by atoms with Gasteiger partial charge in [0.25, 0.3) is 5.91 Å². The molecule has 0 radical (unpaired) electrons. The molecule has 5 nitrogen and oxygen atoms in total. The number of amides is 1. The van der Waals surface area contributed by atoms with Crippen LogP contribution in [0.15, 0.2) is 48.5 Å². The van der Waals surface area contributed by atoms with Gasteiger partial charge >= 0.3 is 0 Å². The Bertz CT molecular complexity index is 1050. The average Bonchev–Trinajstić information content (AvgIpc) is 3.47. The summed E-state index contributed by atoms with van der Waals surface area (Å²) in [5, 5.41) is 4.38. The van der Waals surface area contributed by atoms with Crippen molar-refractivity contribution in [3.8, 4) is 5.75 Å². The molecule has 1 aromatic heterocycles. The number of hydrogen-bond acceptors (Lipinski definition) is 4. The predicted molar refractivity (Wildman–Crippen MR) is 112 cm³/mol. The van der Waals surface area contributed by atoms with Crippen LogP contribution in [-0.2, 0) is 5.54 Å². The molecule has 0 spiro atoms. The van der Waals surface area contributed by atoms with Crippen molar-refractivity contribution in [3.05, 3.63) is 65.2 Å². The third kappa shape index (κ3) is 3.17. The van der Waals surface area contributed by atoms with Crippen LogP contribution in [0.5, 0.6) is 5.75 Å². The van der Waals surface area contributed by atoms with Gasteiger partial charge in [-0.15, -0.1) is 0 Å². The SMILES string of the molecule is COc1ccc(C)c(C(=O)NC2(c3cccc4nc(N(C)C)ccc34)CC2)c1. The van der Waals surface area contributed by atoms with Crippen molar-refractivity contribution in [2.45, 2.75) is 25.3 Å². The topological polar surface area (TPSA) is 54.5 Å². The highest BCUT2D eigenvalue weighted by molar-refractivity contribution is 5.97. The highest BCUT2D eigenvalue weighted by Crippen LogP contribution is 2.48. The maximum absolute atomic E-state index is 13.1. The third-order valence-corrected chi connectivity index (χ3v) is 5.48. The standard InChI is InChI=1S/C23H25N3O2/c1-15-8-9-16(28-4)14-18(15)22(27)25-23(12-13-23)19-6-5-7-20-17(19)10-11-21(24-20)26(2)3/h5-11,14H,12-13H2,1-4H3,(H,25,27). The van der Waals surface area contributed by atoms with Gasteiger partial charge in [0.2, 0.25) is 0 Å². The van der Waals surface area contributed by atoms with Crippen molar-refractivity contribution >= 4 is 22.6 Å². The van der Waals surface area contributed by atoms with Gasteiger partial charge in [0.1, 0.15) is 11.6 Å². The molecule has 3 aromatic rings. The summed E-state index contributed by atoms with van der Waals surface area (Å²) in [6, 6.07) is 15.9. The Morgan fingerprint density at radius 1 is 1.14 bits per heavy atom. The fourth-order valence-corrected chi connectivity index (χ4v) is 3.65. The first-order valence-electron chi connectivity index (χ1n) is 9.48. The molecule has 28 heavy (non-hydrogen) atoms. The van der Waals surface area contributed by atoms with Crippen LogP contribution in [0.3, 0.4) is 0 Å². The number of methoxy groups -OCH3 is 1. The first kappa shape index (κ1) is 18.3. The number of carbonyl (C=O) groups is 1. The molecule has 0 saturated heterocycles. The van der Waals surface area contributed by atoms with Crippen LogP contribution in [0, 0.1) is 6.92 Å². The first-order chi connectivity index (χ1) is 13.4. The summed E-state index contributed by atoms with van der Waals surface area (Å²) < 4.78 is 5.29. The minimum absolute atomic E-state index is 0.0660. The summed E-state index contributed by atoms with van der Waals surface area (Å²) in [6.45, 7) is 1.94. The number of aryl methyl sites for hydroxylation is 1. The van der Waals surface area contributed by atoms with E-state index in [1.807, 2.05) is 56.3 Å². The summed E-state index contributed by atoms with van der Waals surface area (Å²) in [7, 11) is 5.58. The zero-order chi connectivity index (χ0) is 19.9. The molecule has 0 bridgehead atoms. The average molecular weight is 375 g/mol. The van der Waals surface area contributed by atoms with Gasteiger partial charge in [0, 0.05) is 25.0 Å². The van der Waals surface area contributed by atoms with E-state index >= 15 is 0 Å². The van der Waals surface area contributed by atoms with Gasteiger partial charge in [0.15, 0.2) is 0 Å². The molecule has 5 heteroatoms. The molecule has 1 heterocycles. The summed E-state index contributed by atoms with van der Waals surface area (Å²) >= 11 is 0. The highest BCUT2D eigenvalue weighted by atomic mass is 16.5. The maximum atomic E-state index is 13.1. The summed E-state index contributed by atoms with van der Waals surface area (Å²) in [6.07, 6.45) is 1.85. The van der Waals surface area contributed by atoms with E-state index in [-0.39, 0.29) is 11.4 Å². The van der Waals surface area contributed by atoms with E-state index in [1.165, 1.54) is 0 Å². The molecule has 1 saturated carbocycles. The molecule has 1 amide bonds. The minimum Gasteiger partial charge on any atom is -0.497 e. The van der Waals surface area contributed by atoms with Crippen LogP contribution in [-0.4, -0.2) is 32.1 Å². The van der Waals surface area contributed by atoms with Gasteiger partial charge in [-0.25, -0.2) is 4.98 Å². The summed E-state index contributed by atoms with van der Waals surface area (Å²) in [4.78, 5) is 19.8. The Kier molecular flexibility index (Phi) is 4.46. The Morgan fingerprint density at radius 2 is 1.93 bits per heavy atom. The Hall–Kier alpha value is -3.08. The number of pyridine rings is 1. The lowest BCUT2D eigenvalue weighted by Crippen LogP contribution is -2.35. The molecule has 1 fully saturated rings. The second-order valence-corrected chi connectivity index (χ2v) is 7.65. The molecule has 0 unspecified atom stereocenters. The quantitative estimate of drug-likeness (QED) is 0.731. The number of fused-ring (bicyclic) bond motifs is 1. The Labute approximate surface area is 165 Å². The molecule has 1 aliphatic carbocycles. The number of ether oxygens (including phenoxy) is 1. The number of anilines is 1. The normalized spacial score (nSPS) is 14.6. The molecule has 4 rings (SSSR count). The van der Waals surface area contributed by atoms with Crippen molar-refractivity contribution in [1.29, 1.82) is 0 Å². The monoisotopic (exact) mass is 375 g/mol. The van der Waals surface area contributed by atoms with E-state index < -0.39 is 0 Å². The van der Waals surface area contributed by atoms with Gasteiger partial charge in [-0.3, -0.25) is 4.79 Å². The van der Waals surface area contributed by atoms with Crippen LogP contribution < -0.4 is 15.0 Å². The minimum atomic E-state index is -0.326. The third-order valence-electron chi connectivity index (χ3n) is 5.48. The summed E-state index contributed by atoms with van der Waals surface area (Å²) in [5.74, 6) is 1.54. The number of rotatable bonds is 5. The van der Waals surface area contributed by atoms with Crippen molar-refractivity contribution in [3.63, 3.8) is 0 Å². The van der Waals surface area contributed by atoms with E-state index in [0.717, 1.165) is 40.7 Å². The summed E-state index contributed by atoms with van der Waals surface area (Å²) in [5.41, 5.74) is 3.34. The van der Waals surface area contributed by atoms with Crippen LogP contribution in [0.1, 0.15) is 34.3 Å². The second kappa shape index (κ2) is 6.82. The number of carbonyl (C=O) groups excluding carboxylic acids is 1. The lowest BCUT2D eigenvalue weighted by atomic mass is 9.98. The van der Waals surface area contributed by atoms with Gasteiger partial charge in [-0.05, 0) is 61.2 Å². The zero-order valence-corrected chi connectivity index (χ0v) is 16.7. The van der Waals surface area contributed by atoms with Crippen LogP contribution in [0.4, 0.5) is 5.82 Å². The molecular weight excluding hydrogens is 350 g/mol. The van der Waals surface area contributed by atoms with Gasteiger partial charge < -0.3 is 15.0 Å². The molecular formula is C23H25N3O2. The lowest BCUT2D eigenvalue weighted by molar-refractivity contribution is 0.0930. The molecule has 1 aliphatic rings. The number of aromatic nitrogens is 1.